The minimum atomic E-state index is -0.380. The van der Waals surface area contributed by atoms with Gasteiger partial charge in [0.25, 0.3) is 0 Å². The van der Waals surface area contributed by atoms with Crippen LogP contribution in [0.25, 0.3) is 0 Å². The minimum absolute atomic E-state index is 0.380. The average molecular weight is 244 g/mol. The Kier molecular flexibility index (Phi) is 5.81. The first-order valence-electron chi connectivity index (χ1n) is 5.09. The number of aromatic nitrogens is 1. The van der Waals surface area contributed by atoms with Gasteiger partial charge in [0.15, 0.2) is 0 Å². The number of amides is 1. The number of carbonyl (C=O) groups is 1. The third-order valence-electron chi connectivity index (χ3n) is 1.79. The molecule has 6 heteroatoms. The summed E-state index contributed by atoms with van der Waals surface area (Å²) in [5.41, 5.74) is 0.967. The van der Waals surface area contributed by atoms with Crippen molar-refractivity contribution in [3.05, 3.63) is 16.1 Å². The zero-order valence-corrected chi connectivity index (χ0v) is 10.3. The van der Waals surface area contributed by atoms with Crippen molar-refractivity contribution in [2.45, 2.75) is 20.0 Å². The zero-order valence-electron chi connectivity index (χ0n) is 9.49. The van der Waals surface area contributed by atoms with Crippen molar-refractivity contribution in [2.75, 3.05) is 20.3 Å². The number of ether oxygens (including phenoxy) is 2. The SMILES string of the molecule is CCOC(=O)NCCc1csc(COC)n1. The predicted molar refractivity (Wildman–Crippen MR) is 61.6 cm³/mol. The minimum Gasteiger partial charge on any atom is -0.450 e. The Morgan fingerprint density at radius 1 is 1.62 bits per heavy atom. The van der Waals surface area contributed by atoms with Gasteiger partial charge in [-0.1, -0.05) is 0 Å². The summed E-state index contributed by atoms with van der Waals surface area (Å²) < 4.78 is 9.71. The molecule has 0 aliphatic rings. The second-order valence-corrected chi connectivity index (χ2v) is 4.01. The maximum atomic E-state index is 11.0. The van der Waals surface area contributed by atoms with E-state index in [4.69, 9.17) is 9.47 Å². The highest BCUT2D eigenvalue weighted by atomic mass is 32.1. The summed E-state index contributed by atoms with van der Waals surface area (Å²) in [6.45, 7) is 3.24. The van der Waals surface area contributed by atoms with Crippen LogP contribution in [-0.2, 0) is 22.5 Å². The number of nitrogens with zero attached hydrogens (tertiary/aromatic N) is 1. The number of alkyl carbamates (subject to hydrolysis) is 1. The number of carbonyl (C=O) groups excluding carboxylic acids is 1. The summed E-state index contributed by atoms with van der Waals surface area (Å²) in [6.07, 6.45) is 0.328. The molecule has 1 aromatic heterocycles. The van der Waals surface area contributed by atoms with Crippen LogP contribution in [0.15, 0.2) is 5.38 Å². The Morgan fingerprint density at radius 2 is 2.44 bits per heavy atom. The Morgan fingerprint density at radius 3 is 3.12 bits per heavy atom. The van der Waals surface area contributed by atoms with Gasteiger partial charge < -0.3 is 14.8 Å². The van der Waals surface area contributed by atoms with Gasteiger partial charge in [-0.3, -0.25) is 0 Å². The van der Waals surface area contributed by atoms with Crippen molar-refractivity contribution in [1.82, 2.24) is 10.3 Å². The van der Waals surface area contributed by atoms with E-state index in [2.05, 4.69) is 10.3 Å². The molecule has 0 bridgehead atoms. The van der Waals surface area contributed by atoms with Gasteiger partial charge in [0.2, 0.25) is 0 Å². The molecule has 5 nitrogen and oxygen atoms in total. The van der Waals surface area contributed by atoms with Crippen LogP contribution in [0.5, 0.6) is 0 Å². The standard InChI is InChI=1S/C10H16N2O3S/c1-3-15-10(13)11-5-4-8-7-16-9(12-8)6-14-2/h7H,3-6H2,1-2H3,(H,11,13). The van der Waals surface area contributed by atoms with Crippen LogP contribution in [0.2, 0.25) is 0 Å². The molecule has 0 fully saturated rings. The molecule has 90 valence electrons. The maximum Gasteiger partial charge on any atom is 0.407 e. The Hall–Kier alpha value is -1.14. The molecule has 1 aromatic rings. The number of nitrogens with one attached hydrogen (secondary N) is 1. The van der Waals surface area contributed by atoms with Crippen molar-refractivity contribution in [3.8, 4) is 0 Å². The molecule has 0 aromatic carbocycles. The lowest BCUT2D eigenvalue weighted by Gasteiger charge is -2.03. The van der Waals surface area contributed by atoms with E-state index in [0.29, 0.717) is 26.2 Å². The number of hydrogen-bond acceptors (Lipinski definition) is 5. The van der Waals surface area contributed by atoms with Crippen LogP contribution < -0.4 is 5.32 Å². The molecule has 1 amide bonds. The molecule has 0 spiro atoms. The third-order valence-corrected chi connectivity index (χ3v) is 2.66. The van der Waals surface area contributed by atoms with Gasteiger partial charge in [-0.05, 0) is 6.92 Å². The monoisotopic (exact) mass is 244 g/mol. The fraction of sp³-hybridized carbons (Fsp3) is 0.600. The zero-order chi connectivity index (χ0) is 11.8. The number of methoxy groups -OCH3 is 1. The molecule has 1 N–H and O–H groups in total. The van der Waals surface area contributed by atoms with Gasteiger partial charge in [0, 0.05) is 25.5 Å². The molecule has 0 saturated carbocycles. The van der Waals surface area contributed by atoms with E-state index in [0.717, 1.165) is 10.7 Å². The lowest BCUT2D eigenvalue weighted by Crippen LogP contribution is -2.26. The van der Waals surface area contributed by atoms with E-state index in [-0.39, 0.29) is 6.09 Å². The lowest BCUT2D eigenvalue weighted by molar-refractivity contribution is 0.152. The second-order valence-electron chi connectivity index (χ2n) is 3.06. The Labute approximate surface area is 98.8 Å². The molecule has 0 saturated heterocycles. The summed E-state index contributed by atoms with van der Waals surface area (Å²) in [7, 11) is 1.64. The highest BCUT2D eigenvalue weighted by Gasteiger charge is 2.03. The Balaban J connectivity index is 2.23. The third kappa shape index (κ3) is 4.59. The average Bonchev–Trinajstić information content (AvgIpc) is 2.67. The van der Waals surface area contributed by atoms with Crippen LogP contribution in [-0.4, -0.2) is 31.3 Å². The maximum absolute atomic E-state index is 11.0. The van der Waals surface area contributed by atoms with Crippen LogP contribution in [0.1, 0.15) is 17.6 Å². The fourth-order valence-corrected chi connectivity index (χ4v) is 1.93. The molecule has 0 radical (unpaired) electrons. The molecule has 0 aliphatic carbocycles. The summed E-state index contributed by atoms with van der Waals surface area (Å²) in [5, 5.41) is 5.57. The van der Waals surface area contributed by atoms with E-state index in [1.807, 2.05) is 5.38 Å². The van der Waals surface area contributed by atoms with Crippen molar-refractivity contribution >= 4 is 17.4 Å². The first-order chi connectivity index (χ1) is 7.76. The lowest BCUT2D eigenvalue weighted by atomic mass is 10.3. The van der Waals surface area contributed by atoms with Gasteiger partial charge >= 0.3 is 6.09 Å². The van der Waals surface area contributed by atoms with Crippen LogP contribution in [0.4, 0.5) is 4.79 Å². The van der Waals surface area contributed by atoms with Gasteiger partial charge in [0.1, 0.15) is 5.01 Å². The highest BCUT2D eigenvalue weighted by molar-refractivity contribution is 7.09. The molecule has 1 rings (SSSR count). The molecule has 0 atom stereocenters. The van der Waals surface area contributed by atoms with Gasteiger partial charge in [-0.25, -0.2) is 9.78 Å². The number of thiazole rings is 1. The van der Waals surface area contributed by atoms with Gasteiger partial charge in [0.05, 0.1) is 18.9 Å². The fourth-order valence-electron chi connectivity index (χ4n) is 1.13. The van der Waals surface area contributed by atoms with Crippen LogP contribution in [0.3, 0.4) is 0 Å². The highest BCUT2D eigenvalue weighted by Crippen LogP contribution is 2.10. The predicted octanol–water partition coefficient (Wildman–Crippen LogP) is 1.58. The molecule has 0 unspecified atom stereocenters. The van der Waals surface area contributed by atoms with E-state index in [1.54, 1.807) is 25.4 Å². The van der Waals surface area contributed by atoms with Crippen LogP contribution >= 0.6 is 11.3 Å². The van der Waals surface area contributed by atoms with Crippen molar-refractivity contribution in [1.29, 1.82) is 0 Å². The van der Waals surface area contributed by atoms with Crippen LogP contribution in [0, 0.1) is 0 Å². The van der Waals surface area contributed by atoms with Crippen molar-refractivity contribution in [2.24, 2.45) is 0 Å². The summed E-state index contributed by atoms with van der Waals surface area (Å²) in [4.78, 5) is 15.3. The van der Waals surface area contributed by atoms with E-state index < -0.39 is 0 Å². The van der Waals surface area contributed by atoms with Gasteiger partial charge in [-0.2, -0.15) is 0 Å². The number of rotatable bonds is 6. The topological polar surface area (TPSA) is 60.5 Å². The molecular formula is C10H16N2O3S. The van der Waals surface area contributed by atoms with Crippen molar-refractivity contribution in [3.63, 3.8) is 0 Å². The molecular weight excluding hydrogens is 228 g/mol. The van der Waals surface area contributed by atoms with E-state index in [9.17, 15) is 4.79 Å². The van der Waals surface area contributed by atoms with Gasteiger partial charge in [-0.15, -0.1) is 11.3 Å². The molecule has 0 aliphatic heterocycles. The largest absolute Gasteiger partial charge is 0.450 e. The second kappa shape index (κ2) is 7.19. The van der Waals surface area contributed by atoms with Crippen molar-refractivity contribution < 1.29 is 14.3 Å². The first kappa shape index (κ1) is 12.9. The van der Waals surface area contributed by atoms with E-state index in [1.165, 1.54) is 0 Å². The van der Waals surface area contributed by atoms with E-state index >= 15 is 0 Å². The molecule has 16 heavy (non-hydrogen) atoms. The number of hydrogen-bond donors (Lipinski definition) is 1. The smallest absolute Gasteiger partial charge is 0.407 e. The first-order valence-corrected chi connectivity index (χ1v) is 5.97. The summed E-state index contributed by atoms with van der Waals surface area (Å²) in [6, 6.07) is 0. The molecule has 1 heterocycles. The Bertz CT molecular complexity index is 328. The summed E-state index contributed by atoms with van der Waals surface area (Å²) in [5.74, 6) is 0. The normalized spacial score (nSPS) is 10.1. The summed E-state index contributed by atoms with van der Waals surface area (Å²) >= 11 is 1.56. The quantitative estimate of drug-likeness (QED) is 0.825.